The van der Waals surface area contributed by atoms with Crippen molar-refractivity contribution in [2.45, 2.75) is 13.8 Å². The molecule has 2 aromatic carbocycles. The number of rotatable bonds is 5. The molecule has 0 radical (unpaired) electrons. The SMILES string of the molecule is Cc1ccc(-c2csc(/C(C#N)=C/Nc3ccccc3C(N)=O)n2)c(C)c1. The van der Waals surface area contributed by atoms with E-state index in [1.165, 1.54) is 16.9 Å². The second-order valence-corrected chi connectivity index (χ2v) is 6.94. The summed E-state index contributed by atoms with van der Waals surface area (Å²) < 4.78 is 0. The highest BCUT2D eigenvalue weighted by Gasteiger charge is 2.11. The molecule has 0 fully saturated rings. The lowest BCUT2D eigenvalue weighted by atomic mass is 10.0. The number of carbonyl (C=O) groups is 1. The van der Waals surface area contributed by atoms with Crippen molar-refractivity contribution in [3.8, 4) is 17.3 Å². The van der Waals surface area contributed by atoms with Crippen LogP contribution in [-0.2, 0) is 0 Å². The zero-order valence-electron chi connectivity index (χ0n) is 15.0. The molecular formula is C21H18N4OS. The van der Waals surface area contributed by atoms with E-state index in [0.29, 0.717) is 21.8 Å². The Labute approximate surface area is 161 Å². The molecule has 1 amide bonds. The van der Waals surface area contributed by atoms with E-state index in [4.69, 9.17) is 5.73 Å². The third-order valence-electron chi connectivity index (χ3n) is 4.08. The molecule has 3 rings (SSSR count). The van der Waals surface area contributed by atoms with Gasteiger partial charge in [-0.1, -0.05) is 35.9 Å². The zero-order chi connectivity index (χ0) is 19.4. The van der Waals surface area contributed by atoms with Crippen molar-refractivity contribution in [3.63, 3.8) is 0 Å². The Morgan fingerprint density at radius 1 is 1.26 bits per heavy atom. The summed E-state index contributed by atoms with van der Waals surface area (Å²) in [5.41, 5.74) is 10.9. The van der Waals surface area contributed by atoms with Gasteiger partial charge in [0.05, 0.1) is 16.9 Å². The highest BCUT2D eigenvalue weighted by Crippen LogP contribution is 2.28. The Morgan fingerprint density at radius 2 is 2.04 bits per heavy atom. The van der Waals surface area contributed by atoms with Crippen molar-refractivity contribution in [2.24, 2.45) is 5.73 Å². The molecule has 1 heterocycles. The maximum absolute atomic E-state index is 11.5. The van der Waals surface area contributed by atoms with Crippen LogP contribution in [0.1, 0.15) is 26.5 Å². The monoisotopic (exact) mass is 374 g/mol. The van der Waals surface area contributed by atoms with Gasteiger partial charge in [0.15, 0.2) is 0 Å². The van der Waals surface area contributed by atoms with Gasteiger partial charge in [0.2, 0.25) is 0 Å². The number of thiazole rings is 1. The van der Waals surface area contributed by atoms with Crippen molar-refractivity contribution >= 4 is 28.5 Å². The quantitative estimate of drug-likeness (QED) is 0.643. The Morgan fingerprint density at radius 3 is 2.74 bits per heavy atom. The van der Waals surface area contributed by atoms with E-state index in [0.717, 1.165) is 16.8 Å². The molecule has 1 aromatic heterocycles. The molecule has 0 bridgehead atoms. The molecule has 0 spiro atoms. The Hall–Kier alpha value is -3.43. The number of amides is 1. The van der Waals surface area contributed by atoms with Gasteiger partial charge in [0.1, 0.15) is 16.6 Å². The number of primary amides is 1. The molecule has 0 saturated heterocycles. The lowest BCUT2D eigenvalue weighted by Gasteiger charge is -2.06. The normalized spacial score (nSPS) is 11.1. The molecule has 0 aliphatic heterocycles. The molecule has 0 unspecified atom stereocenters. The number of nitrogens with two attached hydrogens (primary N) is 1. The number of hydrogen-bond donors (Lipinski definition) is 2. The largest absolute Gasteiger partial charge is 0.366 e. The maximum atomic E-state index is 11.5. The van der Waals surface area contributed by atoms with Crippen molar-refractivity contribution in [2.75, 3.05) is 5.32 Å². The molecule has 134 valence electrons. The summed E-state index contributed by atoms with van der Waals surface area (Å²) in [4.78, 5) is 16.1. The van der Waals surface area contributed by atoms with Crippen LogP contribution in [-0.4, -0.2) is 10.9 Å². The minimum Gasteiger partial charge on any atom is -0.366 e. The van der Waals surface area contributed by atoms with Crippen LogP contribution >= 0.6 is 11.3 Å². The molecule has 27 heavy (non-hydrogen) atoms. The number of para-hydroxylation sites is 1. The van der Waals surface area contributed by atoms with E-state index in [1.807, 2.05) is 24.4 Å². The standard InChI is InChI=1S/C21H18N4OS/c1-13-7-8-16(14(2)9-13)19-12-27-21(25-19)15(10-22)11-24-18-6-4-3-5-17(18)20(23)26/h3-9,11-12,24H,1-2H3,(H2,23,26)/b15-11+. The first-order chi connectivity index (χ1) is 13.0. The molecule has 3 aromatic rings. The van der Waals surface area contributed by atoms with Crippen LogP contribution < -0.4 is 11.1 Å². The van der Waals surface area contributed by atoms with Crippen LogP contribution in [0.2, 0.25) is 0 Å². The highest BCUT2D eigenvalue weighted by molar-refractivity contribution is 7.11. The number of hydrogen-bond acceptors (Lipinski definition) is 5. The number of anilines is 1. The summed E-state index contributed by atoms with van der Waals surface area (Å²) >= 11 is 1.40. The molecular weight excluding hydrogens is 356 g/mol. The van der Waals surface area contributed by atoms with E-state index < -0.39 is 5.91 Å². The Balaban J connectivity index is 1.89. The fourth-order valence-corrected chi connectivity index (χ4v) is 3.52. The number of carbonyl (C=O) groups excluding carboxylic acids is 1. The van der Waals surface area contributed by atoms with Crippen molar-refractivity contribution in [1.29, 1.82) is 5.26 Å². The van der Waals surface area contributed by atoms with Crippen LogP contribution in [0.15, 0.2) is 54.0 Å². The van der Waals surface area contributed by atoms with Crippen LogP contribution in [0.5, 0.6) is 0 Å². The first kappa shape index (κ1) is 18.4. The summed E-state index contributed by atoms with van der Waals surface area (Å²) in [5.74, 6) is -0.531. The number of allylic oxidation sites excluding steroid dienone is 1. The van der Waals surface area contributed by atoms with Gasteiger partial charge in [-0.2, -0.15) is 5.26 Å². The predicted octanol–water partition coefficient (Wildman–Crippen LogP) is 4.50. The summed E-state index contributed by atoms with van der Waals surface area (Å²) in [6.45, 7) is 4.10. The lowest BCUT2D eigenvalue weighted by molar-refractivity contribution is 0.100. The maximum Gasteiger partial charge on any atom is 0.250 e. The number of aromatic nitrogens is 1. The average molecular weight is 374 g/mol. The van der Waals surface area contributed by atoms with E-state index in [1.54, 1.807) is 30.5 Å². The number of aryl methyl sites for hydroxylation is 2. The van der Waals surface area contributed by atoms with Gasteiger partial charge in [0, 0.05) is 17.1 Å². The van der Waals surface area contributed by atoms with E-state index in [-0.39, 0.29) is 0 Å². The molecule has 0 atom stereocenters. The summed E-state index contributed by atoms with van der Waals surface area (Å²) in [6, 6.07) is 15.2. The van der Waals surface area contributed by atoms with Crippen LogP contribution in [0.25, 0.3) is 16.8 Å². The predicted molar refractivity (Wildman–Crippen MR) is 109 cm³/mol. The van der Waals surface area contributed by atoms with Gasteiger partial charge in [-0.15, -0.1) is 11.3 Å². The molecule has 0 aliphatic rings. The molecule has 3 N–H and O–H groups in total. The smallest absolute Gasteiger partial charge is 0.250 e. The fourth-order valence-electron chi connectivity index (χ4n) is 2.74. The zero-order valence-corrected chi connectivity index (χ0v) is 15.8. The Bertz CT molecular complexity index is 1080. The summed E-state index contributed by atoms with van der Waals surface area (Å²) in [5, 5.41) is 15.1. The highest BCUT2D eigenvalue weighted by atomic mass is 32.1. The van der Waals surface area contributed by atoms with Gasteiger partial charge in [-0.05, 0) is 31.5 Å². The minimum atomic E-state index is -0.531. The second-order valence-electron chi connectivity index (χ2n) is 6.08. The summed E-state index contributed by atoms with van der Waals surface area (Å²) in [7, 11) is 0. The van der Waals surface area contributed by atoms with Gasteiger partial charge in [-0.3, -0.25) is 4.79 Å². The lowest BCUT2D eigenvalue weighted by Crippen LogP contribution is -2.13. The van der Waals surface area contributed by atoms with E-state index in [2.05, 4.69) is 29.4 Å². The van der Waals surface area contributed by atoms with E-state index >= 15 is 0 Å². The number of nitrogens with zero attached hydrogens (tertiary/aromatic N) is 2. The van der Waals surface area contributed by atoms with Crippen LogP contribution in [0.3, 0.4) is 0 Å². The van der Waals surface area contributed by atoms with Crippen LogP contribution in [0.4, 0.5) is 5.69 Å². The minimum absolute atomic E-state index is 0.362. The molecule has 5 nitrogen and oxygen atoms in total. The summed E-state index contributed by atoms with van der Waals surface area (Å²) in [6.07, 6.45) is 1.55. The molecule has 0 aliphatic carbocycles. The van der Waals surface area contributed by atoms with Gasteiger partial charge >= 0.3 is 0 Å². The van der Waals surface area contributed by atoms with E-state index in [9.17, 15) is 10.1 Å². The number of nitriles is 1. The third-order valence-corrected chi connectivity index (χ3v) is 4.95. The van der Waals surface area contributed by atoms with Gasteiger partial charge < -0.3 is 11.1 Å². The number of benzene rings is 2. The van der Waals surface area contributed by atoms with Crippen molar-refractivity contribution < 1.29 is 4.79 Å². The van der Waals surface area contributed by atoms with Crippen LogP contribution in [0, 0.1) is 25.2 Å². The topological polar surface area (TPSA) is 91.8 Å². The molecule has 6 heteroatoms. The fraction of sp³-hybridized carbons (Fsp3) is 0.0952. The second kappa shape index (κ2) is 7.85. The van der Waals surface area contributed by atoms with Crippen molar-refractivity contribution in [1.82, 2.24) is 4.98 Å². The Kier molecular flexibility index (Phi) is 5.34. The molecule has 0 saturated carbocycles. The number of nitrogens with one attached hydrogen (secondary N) is 1. The average Bonchev–Trinajstić information content (AvgIpc) is 3.12. The van der Waals surface area contributed by atoms with Gasteiger partial charge in [0.25, 0.3) is 5.91 Å². The first-order valence-corrected chi connectivity index (χ1v) is 9.16. The first-order valence-electron chi connectivity index (χ1n) is 8.28. The van der Waals surface area contributed by atoms with Crippen molar-refractivity contribution in [3.05, 3.63) is 75.7 Å². The third kappa shape index (κ3) is 4.05. The van der Waals surface area contributed by atoms with Gasteiger partial charge in [-0.25, -0.2) is 4.98 Å².